The zero-order valence-corrected chi connectivity index (χ0v) is 18.3. The van der Waals surface area contributed by atoms with Crippen LogP contribution in [0.15, 0.2) is 30.3 Å². The van der Waals surface area contributed by atoms with E-state index in [4.69, 9.17) is 0 Å². The minimum Gasteiger partial charge on any atom is -0.350 e. The number of aromatic nitrogens is 1. The summed E-state index contributed by atoms with van der Waals surface area (Å²) in [5.41, 5.74) is 2.19. The van der Waals surface area contributed by atoms with E-state index in [1.165, 1.54) is 16.9 Å². The Labute approximate surface area is 172 Å². The van der Waals surface area contributed by atoms with Gasteiger partial charge in [0, 0.05) is 51.2 Å². The summed E-state index contributed by atoms with van der Waals surface area (Å²) in [4.78, 5) is 22.8. The molecule has 0 atom stereocenters. The van der Waals surface area contributed by atoms with Crippen molar-refractivity contribution < 1.29 is 4.79 Å². The van der Waals surface area contributed by atoms with Crippen molar-refractivity contribution in [2.75, 3.05) is 39.3 Å². The van der Waals surface area contributed by atoms with Crippen LogP contribution >= 0.6 is 11.3 Å². The number of hydrogen-bond acceptors (Lipinski definition) is 5. The van der Waals surface area contributed by atoms with E-state index >= 15 is 0 Å². The number of carbonyl (C=O) groups is 1. The van der Waals surface area contributed by atoms with Gasteiger partial charge in [-0.25, -0.2) is 4.98 Å². The van der Waals surface area contributed by atoms with Crippen LogP contribution in [0.5, 0.6) is 0 Å². The molecule has 0 saturated carbocycles. The van der Waals surface area contributed by atoms with Gasteiger partial charge in [-0.15, -0.1) is 11.3 Å². The first kappa shape index (κ1) is 21.0. The van der Waals surface area contributed by atoms with Crippen molar-refractivity contribution in [3.63, 3.8) is 0 Å². The van der Waals surface area contributed by atoms with E-state index in [2.05, 4.69) is 71.2 Å². The lowest BCUT2D eigenvalue weighted by Crippen LogP contribution is -2.48. The molecule has 1 saturated heterocycles. The second kappa shape index (κ2) is 9.16. The topological polar surface area (TPSA) is 48.5 Å². The Morgan fingerprint density at radius 1 is 1.11 bits per heavy atom. The van der Waals surface area contributed by atoms with Crippen molar-refractivity contribution in [3.8, 4) is 0 Å². The highest BCUT2D eigenvalue weighted by Crippen LogP contribution is 2.29. The molecule has 1 N–H and O–H groups in total. The summed E-state index contributed by atoms with van der Waals surface area (Å²) in [6.45, 7) is 15.2. The number of thiazole rings is 1. The van der Waals surface area contributed by atoms with Crippen LogP contribution in [0.4, 0.5) is 0 Å². The van der Waals surface area contributed by atoms with E-state index < -0.39 is 0 Å². The average molecular weight is 401 g/mol. The summed E-state index contributed by atoms with van der Waals surface area (Å²) in [5.74, 6) is 0.00761. The molecule has 2 heterocycles. The SMILES string of the molecule is Cc1nc(C(C)(C)C)sc1C(=O)NCCN1CCN(Cc2ccccc2)CC1. The number of piperazine rings is 1. The molecule has 0 bridgehead atoms. The van der Waals surface area contributed by atoms with E-state index in [9.17, 15) is 4.79 Å². The molecule has 2 aromatic rings. The minimum atomic E-state index is -0.0205. The maximum atomic E-state index is 12.5. The van der Waals surface area contributed by atoms with Gasteiger partial charge in [0.2, 0.25) is 0 Å². The van der Waals surface area contributed by atoms with E-state index in [0.717, 1.165) is 54.8 Å². The second-order valence-corrected chi connectivity index (χ2v) is 9.54. The Morgan fingerprint density at radius 3 is 2.36 bits per heavy atom. The zero-order chi connectivity index (χ0) is 20.1. The molecule has 0 radical (unpaired) electrons. The number of rotatable bonds is 6. The van der Waals surface area contributed by atoms with Crippen molar-refractivity contribution in [1.29, 1.82) is 0 Å². The summed E-state index contributed by atoms with van der Waals surface area (Å²) in [7, 11) is 0. The Hall–Kier alpha value is -1.76. The zero-order valence-electron chi connectivity index (χ0n) is 17.5. The quantitative estimate of drug-likeness (QED) is 0.808. The standard InChI is InChI=1S/C22H32N4OS/c1-17-19(28-21(24-17)22(2,3)4)20(27)23-10-11-25-12-14-26(15-13-25)16-18-8-6-5-7-9-18/h5-9H,10-16H2,1-4H3,(H,23,27). The highest BCUT2D eigenvalue weighted by atomic mass is 32.1. The lowest BCUT2D eigenvalue weighted by molar-refractivity contribution is 0.0937. The second-order valence-electron chi connectivity index (χ2n) is 8.54. The van der Waals surface area contributed by atoms with Gasteiger partial charge in [-0.1, -0.05) is 51.1 Å². The monoisotopic (exact) mass is 400 g/mol. The van der Waals surface area contributed by atoms with Crippen molar-refractivity contribution in [2.45, 2.75) is 39.7 Å². The number of nitrogens with one attached hydrogen (secondary N) is 1. The fraction of sp³-hybridized carbons (Fsp3) is 0.545. The molecule has 3 rings (SSSR count). The van der Waals surface area contributed by atoms with E-state index in [1.807, 2.05) is 6.92 Å². The number of amides is 1. The molecular formula is C22H32N4OS. The van der Waals surface area contributed by atoms with Crippen LogP contribution in [0, 0.1) is 6.92 Å². The Morgan fingerprint density at radius 2 is 1.75 bits per heavy atom. The molecule has 5 nitrogen and oxygen atoms in total. The molecular weight excluding hydrogens is 368 g/mol. The summed E-state index contributed by atoms with van der Waals surface area (Å²) in [5, 5.41) is 4.10. The minimum absolute atomic E-state index is 0.00761. The first-order chi connectivity index (χ1) is 13.3. The van der Waals surface area contributed by atoms with Crippen molar-refractivity contribution >= 4 is 17.2 Å². The van der Waals surface area contributed by atoms with Gasteiger partial charge in [-0.3, -0.25) is 14.6 Å². The normalized spacial score (nSPS) is 16.3. The third-order valence-electron chi connectivity index (χ3n) is 5.07. The van der Waals surface area contributed by atoms with Gasteiger partial charge in [0.25, 0.3) is 5.91 Å². The first-order valence-electron chi connectivity index (χ1n) is 10.1. The molecule has 1 aliphatic heterocycles. The van der Waals surface area contributed by atoms with Gasteiger partial charge in [-0.2, -0.15) is 0 Å². The van der Waals surface area contributed by atoms with Crippen molar-refractivity contribution in [3.05, 3.63) is 51.5 Å². The van der Waals surface area contributed by atoms with Gasteiger partial charge >= 0.3 is 0 Å². The molecule has 0 unspecified atom stereocenters. The molecule has 0 aliphatic carbocycles. The van der Waals surface area contributed by atoms with Crippen molar-refractivity contribution in [2.24, 2.45) is 0 Å². The van der Waals surface area contributed by atoms with Crippen LogP contribution in [0.3, 0.4) is 0 Å². The molecule has 1 fully saturated rings. The smallest absolute Gasteiger partial charge is 0.263 e. The number of hydrogen-bond donors (Lipinski definition) is 1. The van der Waals surface area contributed by atoms with Gasteiger partial charge in [0.1, 0.15) is 4.88 Å². The van der Waals surface area contributed by atoms with Crippen LogP contribution in [0.25, 0.3) is 0 Å². The molecule has 152 valence electrons. The molecule has 0 spiro atoms. The van der Waals surface area contributed by atoms with Crippen molar-refractivity contribution in [1.82, 2.24) is 20.1 Å². The van der Waals surface area contributed by atoms with E-state index in [1.54, 1.807) is 0 Å². The number of benzene rings is 1. The number of carbonyl (C=O) groups excluding carboxylic acids is 1. The average Bonchev–Trinajstić information content (AvgIpc) is 3.06. The van der Waals surface area contributed by atoms with E-state index in [0.29, 0.717) is 6.54 Å². The van der Waals surface area contributed by atoms with Gasteiger partial charge in [0.05, 0.1) is 10.7 Å². The largest absolute Gasteiger partial charge is 0.350 e. The highest BCUT2D eigenvalue weighted by molar-refractivity contribution is 7.14. The maximum Gasteiger partial charge on any atom is 0.263 e. The molecule has 1 aliphatic rings. The van der Waals surface area contributed by atoms with Gasteiger partial charge in [0.15, 0.2) is 0 Å². The molecule has 1 aromatic heterocycles. The van der Waals surface area contributed by atoms with Crippen LogP contribution in [-0.2, 0) is 12.0 Å². The molecule has 6 heteroatoms. The fourth-order valence-corrected chi connectivity index (χ4v) is 4.39. The number of aryl methyl sites for hydroxylation is 1. The molecule has 28 heavy (non-hydrogen) atoms. The lowest BCUT2D eigenvalue weighted by atomic mass is 9.98. The Balaban J connectivity index is 1.40. The third kappa shape index (κ3) is 5.63. The Bertz CT molecular complexity index is 774. The summed E-state index contributed by atoms with van der Waals surface area (Å²) in [6.07, 6.45) is 0. The van der Waals surface area contributed by atoms with Crippen LogP contribution < -0.4 is 5.32 Å². The highest BCUT2D eigenvalue weighted by Gasteiger charge is 2.23. The summed E-state index contributed by atoms with van der Waals surface area (Å²) in [6, 6.07) is 10.6. The molecule has 1 aromatic carbocycles. The first-order valence-corrected chi connectivity index (χ1v) is 10.9. The van der Waals surface area contributed by atoms with Crippen LogP contribution in [0.1, 0.15) is 46.7 Å². The third-order valence-corrected chi connectivity index (χ3v) is 6.65. The predicted octanol–water partition coefficient (Wildman–Crippen LogP) is 3.30. The summed E-state index contributed by atoms with van der Waals surface area (Å²) < 4.78 is 0. The Kier molecular flexibility index (Phi) is 6.86. The lowest BCUT2D eigenvalue weighted by Gasteiger charge is -2.34. The van der Waals surface area contributed by atoms with Crippen LogP contribution in [-0.4, -0.2) is 60.0 Å². The van der Waals surface area contributed by atoms with E-state index in [-0.39, 0.29) is 11.3 Å². The fourth-order valence-electron chi connectivity index (χ4n) is 3.35. The predicted molar refractivity (Wildman–Crippen MR) is 116 cm³/mol. The van der Waals surface area contributed by atoms with Gasteiger partial charge in [-0.05, 0) is 12.5 Å². The van der Waals surface area contributed by atoms with Crippen LogP contribution in [0.2, 0.25) is 0 Å². The number of nitrogens with zero attached hydrogens (tertiary/aromatic N) is 3. The summed E-state index contributed by atoms with van der Waals surface area (Å²) >= 11 is 1.52. The molecule has 1 amide bonds. The maximum absolute atomic E-state index is 12.5. The van der Waals surface area contributed by atoms with Gasteiger partial charge < -0.3 is 5.32 Å².